The first-order chi connectivity index (χ1) is 6.32. The standard InChI is InChI=1S/C7H3BrF5N/c8-3-1-2-4(6(9)10)14-5(3)7(11,12)13/h1-2,6H. The molecular weight excluding hydrogens is 273 g/mol. The molecule has 0 fully saturated rings. The van der Waals surface area contributed by atoms with Gasteiger partial charge in [-0.25, -0.2) is 13.8 Å². The molecule has 0 N–H and O–H groups in total. The van der Waals surface area contributed by atoms with Gasteiger partial charge in [-0.2, -0.15) is 13.2 Å². The minimum absolute atomic E-state index is 0.352. The lowest BCUT2D eigenvalue weighted by Gasteiger charge is -2.09. The Bertz CT molecular complexity index is 335. The SMILES string of the molecule is FC(F)c1ccc(Br)c(C(F)(F)F)n1. The summed E-state index contributed by atoms with van der Waals surface area (Å²) in [5, 5.41) is 0. The maximum absolute atomic E-state index is 12.2. The van der Waals surface area contributed by atoms with Gasteiger partial charge in [-0.15, -0.1) is 0 Å². The fourth-order valence-electron chi connectivity index (χ4n) is 0.778. The van der Waals surface area contributed by atoms with Crippen LogP contribution in [0.25, 0.3) is 0 Å². The highest BCUT2D eigenvalue weighted by atomic mass is 79.9. The Morgan fingerprint density at radius 1 is 1.21 bits per heavy atom. The number of hydrogen-bond donors (Lipinski definition) is 0. The third-order valence-corrected chi connectivity index (χ3v) is 2.00. The predicted octanol–water partition coefficient (Wildman–Crippen LogP) is 3.80. The van der Waals surface area contributed by atoms with Crippen LogP contribution in [0.15, 0.2) is 16.6 Å². The average molecular weight is 276 g/mol. The minimum Gasteiger partial charge on any atom is -0.241 e. The molecule has 0 aliphatic heterocycles. The molecule has 1 heterocycles. The van der Waals surface area contributed by atoms with E-state index in [0.717, 1.165) is 12.1 Å². The number of alkyl halides is 5. The number of halogens is 6. The van der Waals surface area contributed by atoms with Gasteiger partial charge in [-0.1, -0.05) is 0 Å². The Labute approximate surface area is 84.1 Å². The summed E-state index contributed by atoms with van der Waals surface area (Å²) in [5.74, 6) is 0. The highest BCUT2D eigenvalue weighted by molar-refractivity contribution is 9.10. The Morgan fingerprint density at radius 2 is 1.79 bits per heavy atom. The van der Waals surface area contributed by atoms with Crippen LogP contribution in [-0.2, 0) is 6.18 Å². The molecule has 1 rings (SSSR count). The number of pyridine rings is 1. The van der Waals surface area contributed by atoms with Crippen molar-refractivity contribution >= 4 is 15.9 Å². The fourth-order valence-corrected chi connectivity index (χ4v) is 1.22. The normalized spacial score (nSPS) is 12.2. The van der Waals surface area contributed by atoms with Gasteiger partial charge in [0.25, 0.3) is 6.43 Å². The second kappa shape index (κ2) is 3.80. The minimum atomic E-state index is -4.73. The van der Waals surface area contributed by atoms with Crippen LogP contribution in [0.3, 0.4) is 0 Å². The molecule has 78 valence electrons. The summed E-state index contributed by atoms with van der Waals surface area (Å²) in [5.41, 5.74) is -2.23. The molecule has 0 spiro atoms. The lowest BCUT2D eigenvalue weighted by Crippen LogP contribution is -2.10. The van der Waals surface area contributed by atoms with Crippen molar-refractivity contribution in [3.8, 4) is 0 Å². The molecule has 1 nitrogen and oxygen atoms in total. The van der Waals surface area contributed by atoms with E-state index in [1.807, 2.05) is 0 Å². The second-order valence-electron chi connectivity index (χ2n) is 2.37. The van der Waals surface area contributed by atoms with E-state index in [1.165, 1.54) is 0 Å². The molecule has 0 amide bonds. The van der Waals surface area contributed by atoms with Crippen molar-refractivity contribution in [1.82, 2.24) is 4.98 Å². The van der Waals surface area contributed by atoms with Crippen LogP contribution in [0.5, 0.6) is 0 Å². The molecule has 14 heavy (non-hydrogen) atoms. The summed E-state index contributed by atoms with van der Waals surface area (Å²) in [4.78, 5) is 2.82. The third-order valence-electron chi connectivity index (χ3n) is 1.36. The summed E-state index contributed by atoms with van der Waals surface area (Å²) < 4.78 is 60.2. The zero-order chi connectivity index (χ0) is 10.9. The average Bonchev–Trinajstić information content (AvgIpc) is 2.02. The van der Waals surface area contributed by atoms with Gasteiger partial charge in [-0.05, 0) is 28.1 Å². The van der Waals surface area contributed by atoms with E-state index in [4.69, 9.17) is 0 Å². The fraction of sp³-hybridized carbons (Fsp3) is 0.286. The van der Waals surface area contributed by atoms with Crippen LogP contribution >= 0.6 is 15.9 Å². The first kappa shape index (κ1) is 11.4. The molecule has 0 saturated carbocycles. The Morgan fingerprint density at radius 3 is 2.21 bits per heavy atom. The van der Waals surface area contributed by atoms with Gasteiger partial charge in [0.2, 0.25) is 0 Å². The molecule has 0 saturated heterocycles. The molecule has 0 bridgehead atoms. The van der Waals surface area contributed by atoms with Crippen molar-refractivity contribution in [1.29, 1.82) is 0 Å². The highest BCUT2D eigenvalue weighted by Crippen LogP contribution is 2.34. The van der Waals surface area contributed by atoms with E-state index in [9.17, 15) is 22.0 Å². The lowest BCUT2D eigenvalue weighted by atomic mass is 10.3. The van der Waals surface area contributed by atoms with Gasteiger partial charge >= 0.3 is 6.18 Å². The van der Waals surface area contributed by atoms with Crippen LogP contribution < -0.4 is 0 Å². The molecule has 1 aromatic heterocycles. The van der Waals surface area contributed by atoms with E-state index < -0.39 is 24.0 Å². The summed E-state index contributed by atoms with van der Waals surface area (Å²) >= 11 is 2.59. The predicted molar refractivity (Wildman–Crippen MR) is 41.9 cm³/mol. The van der Waals surface area contributed by atoms with E-state index in [0.29, 0.717) is 0 Å². The zero-order valence-corrected chi connectivity index (χ0v) is 8.03. The van der Waals surface area contributed by atoms with Crippen molar-refractivity contribution < 1.29 is 22.0 Å². The van der Waals surface area contributed by atoms with Crippen LogP contribution in [0, 0.1) is 0 Å². The van der Waals surface area contributed by atoms with Crippen molar-refractivity contribution in [2.45, 2.75) is 12.6 Å². The van der Waals surface area contributed by atoms with Crippen LogP contribution in [0.2, 0.25) is 0 Å². The van der Waals surface area contributed by atoms with Crippen molar-refractivity contribution in [2.24, 2.45) is 0 Å². The number of rotatable bonds is 1. The largest absolute Gasteiger partial charge is 0.434 e. The number of hydrogen-bond acceptors (Lipinski definition) is 1. The summed E-state index contributed by atoms with van der Waals surface area (Å²) in [6.45, 7) is 0. The van der Waals surface area contributed by atoms with Gasteiger partial charge in [0.05, 0.1) is 0 Å². The Hall–Kier alpha value is -0.720. The quantitative estimate of drug-likeness (QED) is 0.711. The van der Waals surface area contributed by atoms with Gasteiger partial charge < -0.3 is 0 Å². The first-order valence-corrected chi connectivity index (χ1v) is 4.13. The van der Waals surface area contributed by atoms with Crippen molar-refractivity contribution in [3.05, 3.63) is 28.0 Å². The number of aromatic nitrogens is 1. The number of nitrogens with zero attached hydrogens (tertiary/aromatic N) is 1. The molecule has 0 unspecified atom stereocenters. The molecule has 0 aromatic carbocycles. The zero-order valence-electron chi connectivity index (χ0n) is 6.45. The first-order valence-electron chi connectivity index (χ1n) is 3.34. The maximum Gasteiger partial charge on any atom is 0.434 e. The van der Waals surface area contributed by atoms with Crippen molar-refractivity contribution in [3.63, 3.8) is 0 Å². The topological polar surface area (TPSA) is 12.9 Å². The monoisotopic (exact) mass is 275 g/mol. The lowest BCUT2D eigenvalue weighted by molar-refractivity contribution is -0.142. The van der Waals surface area contributed by atoms with Crippen LogP contribution in [0.4, 0.5) is 22.0 Å². The molecule has 7 heteroatoms. The third kappa shape index (κ3) is 2.40. The van der Waals surface area contributed by atoms with Gasteiger partial charge in [0.1, 0.15) is 5.69 Å². The highest BCUT2D eigenvalue weighted by Gasteiger charge is 2.35. The summed E-state index contributed by atoms with van der Waals surface area (Å²) in [6.07, 6.45) is -7.74. The van der Waals surface area contributed by atoms with Gasteiger partial charge in [0, 0.05) is 4.47 Å². The van der Waals surface area contributed by atoms with Crippen LogP contribution in [0.1, 0.15) is 17.8 Å². The smallest absolute Gasteiger partial charge is 0.241 e. The van der Waals surface area contributed by atoms with Crippen molar-refractivity contribution in [2.75, 3.05) is 0 Å². The molecule has 0 atom stereocenters. The molecule has 0 aliphatic rings. The molecule has 0 radical (unpaired) electrons. The summed E-state index contributed by atoms with van der Waals surface area (Å²) in [6, 6.07) is 1.74. The summed E-state index contributed by atoms with van der Waals surface area (Å²) in [7, 11) is 0. The van der Waals surface area contributed by atoms with Crippen LogP contribution in [-0.4, -0.2) is 4.98 Å². The molecule has 1 aromatic rings. The molecular formula is C7H3BrF5N. The van der Waals surface area contributed by atoms with Gasteiger partial charge in [0.15, 0.2) is 5.69 Å². The van der Waals surface area contributed by atoms with E-state index in [-0.39, 0.29) is 4.47 Å². The van der Waals surface area contributed by atoms with E-state index in [1.54, 1.807) is 0 Å². The Kier molecular flexibility index (Phi) is 3.08. The Balaban J connectivity index is 3.22. The van der Waals surface area contributed by atoms with Gasteiger partial charge in [-0.3, -0.25) is 0 Å². The second-order valence-corrected chi connectivity index (χ2v) is 3.22. The maximum atomic E-state index is 12.2. The van der Waals surface area contributed by atoms with E-state index >= 15 is 0 Å². The molecule has 0 aliphatic carbocycles. The van der Waals surface area contributed by atoms with E-state index in [2.05, 4.69) is 20.9 Å².